The molecule has 22 heavy (non-hydrogen) atoms. The molecule has 2 aromatic rings. The van der Waals surface area contributed by atoms with Crippen molar-refractivity contribution in [3.8, 4) is 11.1 Å². The molecule has 0 fully saturated rings. The maximum atomic E-state index is 5.91. The van der Waals surface area contributed by atoms with Gasteiger partial charge < -0.3 is 9.47 Å². The fourth-order valence-electron chi connectivity index (χ4n) is 3.68. The van der Waals surface area contributed by atoms with E-state index in [9.17, 15) is 0 Å². The van der Waals surface area contributed by atoms with Crippen molar-refractivity contribution in [3.05, 3.63) is 58.1 Å². The summed E-state index contributed by atoms with van der Waals surface area (Å²) in [6.45, 7) is 6.53. The van der Waals surface area contributed by atoms with Gasteiger partial charge in [-0.25, -0.2) is 0 Å². The van der Waals surface area contributed by atoms with Crippen LogP contribution in [0.15, 0.2) is 30.3 Å². The lowest BCUT2D eigenvalue weighted by Crippen LogP contribution is -2.30. The lowest BCUT2D eigenvalue weighted by Gasteiger charge is -2.30. The van der Waals surface area contributed by atoms with E-state index in [0.29, 0.717) is 0 Å². The van der Waals surface area contributed by atoms with Crippen LogP contribution in [0.3, 0.4) is 0 Å². The number of methoxy groups -OCH3 is 2. The molecule has 1 aliphatic rings. The third kappa shape index (κ3) is 1.94. The molecule has 0 radical (unpaired) electrons. The van der Waals surface area contributed by atoms with Crippen molar-refractivity contribution in [2.24, 2.45) is 0 Å². The van der Waals surface area contributed by atoms with E-state index in [-0.39, 0.29) is 0 Å². The van der Waals surface area contributed by atoms with E-state index in [1.165, 1.54) is 27.8 Å². The maximum Gasteiger partial charge on any atom is 0.223 e. The van der Waals surface area contributed by atoms with Crippen molar-refractivity contribution in [2.75, 3.05) is 14.2 Å². The van der Waals surface area contributed by atoms with Gasteiger partial charge in [0.2, 0.25) is 5.79 Å². The largest absolute Gasteiger partial charge is 0.346 e. The summed E-state index contributed by atoms with van der Waals surface area (Å²) in [5, 5.41) is 0. The molecular weight excluding hydrogens is 272 g/mol. The van der Waals surface area contributed by atoms with Gasteiger partial charge in [-0.05, 0) is 47.6 Å². The highest BCUT2D eigenvalue weighted by atomic mass is 16.7. The van der Waals surface area contributed by atoms with Crippen molar-refractivity contribution in [1.29, 1.82) is 0 Å². The highest BCUT2D eigenvalue weighted by Gasteiger charge is 2.45. The molecule has 3 rings (SSSR count). The first-order chi connectivity index (χ1) is 10.6. The molecule has 0 unspecified atom stereocenters. The van der Waals surface area contributed by atoms with Crippen LogP contribution in [0.25, 0.3) is 11.1 Å². The smallest absolute Gasteiger partial charge is 0.223 e. The Bertz CT molecular complexity index is 712. The van der Waals surface area contributed by atoms with Crippen molar-refractivity contribution < 1.29 is 9.47 Å². The van der Waals surface area contributed by atoms with Crippen LogP contribution >= 0.6 is 0 Å². The lowest BCUT2D eigenvalue weighted by molar-refractivity contribution is -0.181. The Hall–Kier alpha value is -1.64. The predicted octanol–water partition coefficient (Wildman–Crippen LogP) is 4.59. The second-order valence-electron chi connectivity index (χ2n) is 5.95. The van der Waals surface area contributed by atoms with Crippen LogP contribution in [0.5, 0.6) is 0 Å². The zero-order valence-electron chi connectivity index (χ0n) is 14.1. The molecule has 0 heterocycles. The minimum absolute atomic E-state index is 0.784. The Balaban J connectivity index is 2.38. The first-order valence-electron chi connectivity index (χ1n) is 7.99. The Morgan fingerprint density at radius 1 is 0.864 bits per heavy atom. The third-order valence-electron chi connectivity index (χ3n) is 4.84. The van der Waals surface area contributed by atoms with Gasteiger partial charge in [-0.15, -0.1) is 0 Å². The monoisotopic (exact) mass is 296 g/mol. The first kappa shape index (κ1) is 15.3. The van der Waals surface area contributed by atoms with Crippen LogP contribution in [0, 0.1) is 6.92 Å². The minimum atomic E-state index is -0.784. The van der Waals surface area contributed by atoms with Gasteiger partial charge in [0.05, 0.1) is 0 Å². The molecule has 0 bridgehead atoms. The molecule has 0 saturated heterocycles. The van der Waals surface area contributed by atoms with E-state index < -0.39 is 5.79 Å². The van der Waals surface area contributed by atoms with Crippen LogP contribution in [0.2, 0.25) is 0 Å². The lowest BCUT2D eigenvalue weighted by atomic mass is 9.95. The molecule has 0 saturated carbocycles. The van der Waals surface area contributed by atoms with E-state index in [1.54, 1.807) is 14.2 Å². The average molecular weight is 296 g/mol. The normalized spacial score (nSPS) is 14.8. The average Bonchev–Trinajstić information content (AvgIpc) is 2.84. The molecule has 0 aliphatic heterocycles. The molecule has 0 aromatic heterocycles. The summed E-state index contributed by atoms with van der Waals surface area (Å²) in [5.74, 6) is -0.784. The van der Waals surface area contributed by atoms with E-state index >= 15 is 0 Å². The van der Waals surface area contributed by atoms with Gasteiger partial charge in [0.15, 0.2) is 0 Å². The van der Waals surface area contributed by atoms with Gasteiger partial charge in [0.1, 0.15) is 0 Å². The van der Waals surface area contributed by atoms with E-state index in [4.69, 9.17) is 9.47 Å². The zero-order valence-corrected chi connectivity index (χ0v) is 14.1. The number of ether oxygens (including phenoxy) is 2. The second-order valence-corrected chi connectivity index (χ2v) is 5.95. The fraction of sp³-hybridized carbons (Fsp3) is 0.400. The van der Waals surface area contributed by atoms with Gasteiger partial charge in [0.25, 0.3) is 0 Å². The Morgan fingerprint density at radius 2 is 1.50 bits per heavy atom. The zero-order chi connectivity index (χ0) is 15.9. The van der Waals surface area contributed by atoms with Gasteiger partial charge in [-0.2, -0.15) is 0 Å². The minimum Gasteiger partial charge on any atom is -0.346 e. The molecule has 2 nitrogen and oxygen atoms in total. The van der Waals surface area contributed by atoms with Crippen molar-refractivity contribution >= 4 is 0 Å². The summed E-state index contributed by atoms with van der Waals surface area (Å²) in [6, 6.07) is 11.2. The highest BCUT2D eigenvalue weighted by Crippen LogP contribution is 2.51. The molecule has 2 heteroatoms. The van der Waals surface area contributed by atoms with Gasteiger partial charge >= 0.3 is 0 Å². The molecule has 2 aromatic carbocycles. The van der Waals surface area contributed by atoms with Crippen LogP contribution < -0.4 is 0 Å². The second kappa shape index (κ2) is 5.53. The summed E-state index contributed by atoms with van der Waals surface area (Å²) in [5.41, 5.74) is 8.69. The quantitative estimate of drug-likeness (QED) is 0.768. The van der Waals surface area contributed by atoms with Crippen molar-refractivity contribution in [1.82, 2.24) is 0 Å². The maximum absolute atomic E-state index is 5.91. The van der Waals surface area contributed by atoms with Crippen LogP contribution in [-0.4, -0.2) is 14.2 Å². The summed E-state index contributed by atoms with van der Waals surface area (Å²) >= 11 is 0. The Labute approximate surface area is 133 Å². The van der Waals surface area contributed by atoms with Crippen molar-refractivity contribution in [2.45, 2.75) is 39.4 Å². The number of aryl methyl sites for hydroxylation is 3. The number of hydrogen-bond acceptors (Lipinski definition) is 2. The van der Waals surface area contributed by atoms with E-state index in [1.807, 2.05) is 0 Å². The summed E-state index contributed by atoms with van der Waals surface area (Å²) in [7, 11) is 3.45. The molecule has 0 spiro atoms. The Kier molecular flexibility index (Phi) is 3.84. The summed E-state index contributed by atoms with van der Waals surface area (Å²) in [4.78, 5) is 0. The SMILES string of the molecule is CCc1ccc2c(c1)-c1cc(CC)cc(C)c1C2(OC)OC. The number of hydrogen-bond donors (Lipinski definition) is 0. The number of benzene rings is 2. The summed E-state index contributed by atoms with van der Waals surface area (Å²) in [6.07, 6.45) is 2.06. The first-order valence-corrected chi connectivity index (χ1v) is 7.99. The molecule has 0 N–H and O–H groups in total. The molecule has 0 atom stereocenters. The van der Waals surface area contributed by atoms with Gasteiger partial charge in [-0.3, -0.25) is 0 Å². The fourth-order valence-corrected chi connectivity index (χ4v) is 3.68. The van der Waals surface area contributed by atoms with Gasteiger partial charge in [0, 0.05) is 25.3 Å². The highest BCUT2D eigenvalue weighted by molar-refractivity contribution is 5.81. The number of rotatable bonds is 4. The number of fused-ring (bicyclic) bond motifs is 3. The third-order valence-corrected chi connectivity index (χ3v) is 4.84. The van der Waals surface area contributed by atoms with Gasteiger partial charge in [-0.1, -0.05) is 44.2 Å². The topological polar surface area (TPSA) is 18.5 Å². The van der Waals surface area contributed by atoms with Crippen LogP contribution in [0.1, 0.15) is 41.7 Å². The molecule has 0 amide bonds. The molecule has 1 aliphatic carbocycles. The van der Waals surface area contributed by atoms with E-state index in [0.717, 1.165) is 24.0 Å². The Morgan fingerprint density at radius 3 is 2.09 bits per heavy atom. The molecule has 116 valence electrons. The summed E-state index contributed by atoms with van der Waals surface area (Å²) < 4.78 is 11.8. The van der Waals surface area contributed by atoms with Crippen LogP contribution in [0.4, 0.5) is 0 Å². The molecular formula is C20H24O2. The van der Waals surface area contributed by atoms with Crippen LogP contribution in [-0.2, 0) is 28.1 Å². The standard InChI is InChI=1S/C20H24O2/c1-6-14-8-9-18-16(11-14)17-12-15(7-2)10-13(3)19(17)20(18,21-4)22-5/h8-12H,6-7H2,1-5H3. The van der Waals surface area contributed by atoms with E-state index in [2.05, 4.69) is 51.1 Å². The predicted molar refractivity (Wildman–Crippen MR) is 90.2 cm³/mol. The van der Waals surface area contributed by atoms with Crippen molar-refractivity contribution in [3.63, 3.8) is 0 Å².